The van der Waals surface area contributed by atoms with Crippen molar-refractivity contribution in [1.82, 2.24) is 4.98 Å². The summed E-state index contributed by atoms with van der Waals surface area (Å²) >= 11 is 1.86. The first-order valence-corrected chi connectivity index (χ1v) is 8.51. The molecule has 3 rings (SSSR count). The molecule has 0 unspecified atom stereocenters. The second kappa shape index (κ2) is 7.40. The van der Waals surface area contributed by atoms with Gasteiger partial charge >= 0.3 is 0 Å². The van der Waals surface area contributed by atoms with Gasteiger partial charge in [0.25, 0.3) is 0 Å². The maximum Gasteiger partial charge on any atom is 0.0904 e. The highest BCUT2D eigenvalue weighted by Crippen LogP contribution is 2.35. The fraction of sp³-hybridized carbons (Fsp3) is 0.389. The number of aromatic nitrogens is 1. The van der Waals surface area contributed by atoms with E-state index in [4.69, 9.17) is 4.98 Å². The molecule has 1 heterocycles. The standard InChI is InChI=1S/C18H22N2S.ClH/c1-13-19-18-16(9-6-12-20(2)3)15-8-5-4-7-14(15)10-11-17(18)21-13;/h4-5,7-9H,6,10-12H2,1-3H3;1H/b16-9+;. The van der Waals surface area contributed by atoms with E-state index >= 15 is 0 Å². The maximum atomic E-state index is 4.83. The van der Waals surface area contributed by atoms with E-state index in [1.165, 1.54) is 37.2 Å². The molecule has 0 amide bonds. The van der Waals surface area contributed by atoms with Crippen LogP contribution in [-0.4, -0.2) is 25.6 Å². The molecule has 0 aliphatic heterocycles. The molecule has 1 aromatic carbocycles. The van der Waals surface area contributed by atoms with Crippen molar-refractivity contribution in [2.24, 2.45) is 0 Å². The second-order valence-electron chi connectivity index (χ2n) is 6.03. The van der Waals surface area contributed by atoms with E-state index in [1.54, 1.807) is 0 Å². The van der Waals surface area contributed by atoms with Crippen molar-refractivity contribution in [3.8, 4) is 0 Å². The number of thiazole rings is 1. The van der Waals surface area contributed by atoms with Crippen molar-refractivity contribution < 1.29 is 17.3 Å². The van der Waals surface area contributed by atoms with E-state index in [-0.39, 0.29) is 12.4 Å². The van der Waals surface area contributed by atoms with Gasteiger partial charge in [0.2, 0.25) is 0 Å². The highest BCUT2D eigenvalue weighted by atomic mass is 35.5. The quantitative estimate of drug-likeness (QED) is 0.802. The number of quaternary nitrogens is 1. The second-order valence-corrected chi connectivity index (χ2v) is 7.31. The van der Waals surface area contributed by atoms with E-state index in [9.17, 15) is 0 Å². The Balaban J connectivity index is 0.00000176. The van der Waals surface area contributed by atoms with Crippen molar-refractivity contribution in [3.63, 3.8) is 0 Å². The largest absolute Gasteiger partial charge is 1.00 e. The van der Waals surface area contributed by atoms with Crippen molar-refractivity contribution >= 4 is 16.9 Å². The van der Waals surface area contributed by atoms with Crippen molar-refractivity contribution in [2.45, 2.75) is 26.2 Å². The number of benzene rings is 1. The van der Waals surface area contributed by atoms with Gasteiger partial charge in [-0.05, 0) is 30.9 Å². The van der Waals surface area contributed by atoms with Crippen LogP contribution in [0.15, 0.2) is 30.3 Å². The third-order valence-corrected chi connectivity index (χ3v) is 5.01. The van der Waals surface area contributed by atoms with Crippen molar-refractivity contribution in [2.75, 3.05) is 20.6 Å². The molecule has 0 radical (unpaired) electrons. The topological polar surface area (TPSA) is 17.3 Å². The zero-order valence-corrected chi connectivity index (χ0v) is 15.0. The Morgan fingerprint density at radius 2 is 2.00 bits per heavy atom. The lowest BCUT2D eigenvalue weighted by atomic mass is 9.97. The average molecular weight is 335 g/mol. The average Bonchev–Trinajstić information content (AvgIpc) is 2.76. The number of rotatable bonds is 3. The molecule has 118 valence electrons. The van der Waals surface area contributed by atoms with Crippen LogP contribution in [0.25, 0.3) is 5.57 Å². The van der Waals surface area contributed by atoms with Crippen LogP contribution in [0, 0.1) is 6.92 Å². The molecule has 0 bridgehead atoms. The Morgan fingerprint density at radius 3 is 2.77 bits per heavy atom. The minimum Gasteiger partial charge on any atom is -1.00 e. The van der Waals surface area contributed by atoms with Crippen LogP contribution in [0.3, 0.4) is 0 Å². The zero-order chi connectivity index (χ0) is 14.8. The molecule has 22 heavy (non-hydrogen) atoms. The fourth-order valence-electron chi connectivity index (χ4n) is 2.94. The van der Waals surface area contributed by atoms with Gasteiger partial charge in [-0.2, -0.15) is 0 Å². The SMILES string of the molecule is Cc1nc2c(s1)CCc1ccccc1/C2=C\CC[NH+](C)C.[Cl-]. The summed E-state index contributed by atoms with van der Waals surface area (Å²) in [7, 11) is 4.41. The molecule has 0 spiro atoms. The van der Waals surface area contributed by atoms with Crippen molar-refractivity contribution in [3.05, 3.63) is 57.0 Å². The first-order chi connectivity index (χ1) is 10.1. The van der Waals surface area contributed by atoms with Gasteiger partial charge in [-0.25, -0.2) is 4.98 Å². The molecule has 0 saturated heterocycles. The predicted molar refractivity (Wildman–Crippen MR) is 90.1 cm³/mol. The molecule has 4 heteroatoms. The van der Waals surface area contributed by atoms with E-state index in [1.807, 2.05) is 11.3 Å². The number of nitrogens with one attached hydrogen (secondary N) is 1. The van der Waals surface area contributed by atoms with Crippen LogP contribution >= 0.6 is 11.3 Å². The van der Waals surface area contributed by atoms with Crippen LogP contribution in [0.2, 0.25) is 0 Å². The monoisotopic (exact) mass is 334 g/mol. The molecular weight excluding hydrogens is 312 g/mol. The van der Waals surface area contributed by atoms with Gasteiger partial charge in [-0.15, -0.1) is 11.3 Å². The number of nitrogens with zero attached hydrogens (tertiary/aromatic N) is 1. The van der Waals surface area contributed by atoms with Crippen LogP contribution in [-0.2, 0) is 12.8 Å². The first-order valence-electron chi connectivity index (χ1n) is 7.69. The number of aryl methyl sites for hydroxylation is 3. The molecule has 1 aromatic heterocycles. The molecule has 1 aliphatic rings. The molecule has 2 nitrogen and oxygen atoms in total. The van der Waals surface area contributed by atoms with Crippen LogP contribution in [0.1, 0.15) is 33.1 Å². The summed E-state index contributed by atoms with van der Waals surface area (Å²) in [5, 5.41) is 1.18. The molecule has 0 fully saturated rings. The van der Waals surface area contributed by atoms with E-state index in [0.717, 1.165) is 25.8 Å². The van der Waals surface area contributed by atoms with E-state index in [2.05, 4.69) is 51.4 Å². The Bertz CT molecular complexity index is 673. The fourth-order valence-corrected chi connectivity index (χ4v) is 3.89. The summed E-state index contributed by atoms with van der Waals surface area (Å²) in [6.45, 7) is 3.27. The smallest absolute Gasteiger partial charge is 0.0904 e. The molecule has 2 aromatic rings. The highest BCUT2D eigenvalue weighted by molar-refractivity contribution is 7.11. The summed E-state index contributed by atoms with van der Waals surface area (Å²) in [4.78, 5) is 7.77. The minimum absolute atomic E-state index is 0. The summed E-state index contributed by atoms with van der Waals surface area (Å²) in [6.07, 6.45) is 5.74. The van der Waals surface area contributed by atoms with Gasteiger partial charge in [0, 0.05) is 16.9 Å². The number of hydrogen-bond donors (Lipinski definition) is 1. The molecular formula is C18H23ClN2S. The highest BCUT2D eigenvalue weighted by Gasteiger charge is 2.21. The Labute approximate surface area is 143 Å². The molecule has 1 N–H and O–H groups in total. The first kappa shape index (κ1) is 17.2. The van der Waals surface area contributed by atoms with Gasteiger partial charge in [0.05, 0.1) is 31.3 Å². The normalized spacial score (nSPS) is 15.2. The Morgan fingerprint density at radius 1 is 1.23 bits per heavy atom. The summed E-state index contributed by atoms with van der Waals surface area (Å²) in [5.41, 5.74) is 5.43. The summed E-state index contributed by atoms with van der Waals surface area (Å²) in [6, 6.07) is 8.82. The Kier molecular flexibility index (Phi) is 5.79. The van der Waals surface area contributed by atoms with Gasteiger partial charge < -0.3 is 17.3 Å². The number of hydrogen-bond acceptors (Lipinski definition) is 2. The Hall–Kier alpha value is -1.16. The molecule has 0 atom stereocenters. The van der Waals surface area contributed by atoms with Gasteiger partial charge in [0.1, 0.15) is 0 Å². The summed E-state index contributed by atoms with van der Waals surface area (Å²) in [5.74, 6) is 0. The lowest BCUT2D eigenvalue weighted by Gasteiger charge is -2.10. The lowest BCUT2D eigenvalue weighted by molar-refractivity contribution is -0.857. The van der Waals surface area contributed by atoms with Crippen LogP contribution in [0.5, 0.6) is 0 Å². The zero-order valence-electron chi connectivity index (χ0n) is 13.4. The van der Waals surface area contributed by atoms with Crippen LogP contribution in [0.4, 0.5) is 0 Å². The van der Waals surface area contributed by atoms with E-state index < -0.39 is 0 Å². The van der Waals surface area contributed by atoms with Crippen LogP contribution < -0.4 is 17.3 Å². The van der Waals surface area contributed by atoms with Gasteiger partial charge in [0.15, 0.2) is 0 Å². The third-order valence-electron chi connectivity index (χ3n) is 3.98. The molecule has 1 aliphatic carbocycles. The van der Waals surface area contributed by atoms with Gasteiger partial charge in [-0.1, -0.05) is 30.3 Å². The number of fused-ring (bicyclic) bond motifs is 2. The predicted octanol–water partition coefficient (Wildman–Crippen LogP) is -0.480. The minimum atomic E-state index is 0. The maximum absolute atomic E-state index is 4.83. The van der Waals surface area contributed by atoms with Gasteiger partial charge in [-0.3, -0.25) is 0 Å². The lowest BCUT2D eigenvalue weighted by Crippen LogP contribution is -3.05. The summed E-state index contributed by atoms with van der Waals surface area (Å²) < 4.78 is 0. The third kappa shape index (κ3) is 3.60. The number of halogens is 1. The molecule has 0 saturated carbocycles. The van der Waals surface area contributed by atoms with E-state index in [0.29, 0.717) is 0 Å². The van der Waals surface area contributed by atoms with Crippen molar-refractivity contribution in [1.29, 1.82) is 0 Å².